The number of nitrogens with zero attached hydrogens (tertiary/aromatic N) is 6. The Morgan fingerprint density at radius 3 is 2.35 bits per heavy atom. The van der Waals surface area contributed by atoms with Gasteiger partial charge in [-0.05, 0) is 65.7 Å². The van der Waals surface area contributed by atoms with Gasteiger partial charge in [0.2, 0.25) is 0 Å². The minimum Gasteiger partial charge on any atom is -0.507 e. The second-order valence-corrected chi connectivity index (χ2v) is 9.43. The number of phenolic OH excluding ortho intramolecular Hbond substituents is 1. The van der Waals surface area contributed by atoms with Crippen molar-refractivity contribution in [3.63, 3.8) is 0 Å². The molecule has 1 aromatic carbocycles. The monoisotopic (exact) mass is 423 g/mol. The van der Waals surface area contributed by atoms with Gasteiger partial charge in [0.05, 0.1) is 23.8 Å². The molecule has 1 aromatic heterocycles. The Labute approximate surface area is 184 Å². The molecule has 8 heteroatoms. The number of aromatic hydroxyl groups is 1. The summed E-state index contributed by atoms with van der Waals surface area (Å²) in [6.07, 6.45) is 6.89. The Bertz CT molecular complexity index is 973. The normalized spacial score (nSPS) is 19.3. The lowest BCUT2D eigenvalue weighted by Crippen LogP contribution is -2.62. The fourth-order valence-corrected chi connectivity index (χ4v) is 4.46. The van der Waals surface area contributed by atoms with Gasteiger partial charge in [0.25, 0.3) is 0 Å². The summed E-state index contributed by atoms with van der Waals surface area (Å²) in [6, 6.07) is 5.54. The third-order valence-electron chi connectivity index (χ3n) is 5.58. The fourth-order valence-electron chi connectivity index (χ4n) is 4.46. The molecule has 166 valence electrons. The summed E-state index contributed by atoms with van der Waals surface area (Å²) in [6.45, 7) is 14.7. The molecular weight excluding hydrogens is 390 g/mol. The highest BCUT2D eigenvalue weighted by molar-refractivity contribution is 6.02. The van der Waals surface area contributed by atoms with E-state index < -0.39 is 0 Å². The first-order chi connectivity index (χ1) is 14.5. The van der Waals surface area contributed by atoms with Gasteiger partial charge in [-0.1, -0.05) is 6.58 Å². The summed E-state index contributed by atoms with van der Waals surface area (Å²) in [5, 5.41) is 31.2. The Morgan fingerprint density at radius 1 is 1.19 bits per heavy atom. The summed E-state index contributed by atoms with van der Waals surface area (Å²) in [5.41, 5.74) is 1.95. The average molecular weight is 424 g/mol. The third kappa shape index (κ3) is 5.38. The van der Waals surface area contributed by atoms with Crippen molar-refractivity contribution < 1.29 is 5.11 Å². The quantitative estimate of drug-likeness (QED) is 0.436. The van der Waals surface area contributed by atoms with Gasteiger partial charge in [0, 0.05) is 35.8 Å². The first-order valence-corrected chi connectivity index (χ1v) is 10.5. The second-order valence-electron chi connectivity index (χ2n) is 9.43. The highest BCUT2D eigenvalue weighted by Crippen LogP contribution is 2.31. The van der Waals surface area contributed by atoms with Crippen molar-refractivity contribution in [3.05, 3.63) is 48.8 Å². The van der Waals surface area contributed by atoms with Crippen LogP contribution in [-0.2, 0) is 0 Å². The molecule has 0 atom stereocenters. The maximum atomic E-state index is 10.5. The molecule has 1 fully saturated rings. The molecule has 2 N–H and O–H groups in total. The van der Waals surface area contributed by atoms with E-state index in [1.165, 1.54) is 4.80 Å². The lowest BCUT2D eigenvalue weighted by Gasteiger charge is -2.49. The minimum atomic E-state index is 0.0309. The largest absolute Gasteiger partial charge is 0.507 e. The smallest absolute Gasteiger partial charge is 0.150 e. The predicted molar refractivity (Wildman–Crippen MR) is 125 cm³/mol. The number of aromatic nitrogens is 3. The van der Waals surface area contributed by atoms with E-state index in [9.17, 15) is 5.11 Å². The van der Waals surface area contributed by atoms with Crippen LogP contribution in [0.15, 0.2) is 53.5 Å². The number of rotatable bonds is 5. The number of benzene rings is 1. The van der Waals surface area contributed by atoms with E-state index in [4.69, 9.17) is 0 Å². The highest BCUT2D eigenvalue weighted by atomic mass is 16.3. The maximum absolute atomic E-state index is 10.5. The lowest BCUT2D eigenvalue weighted by molar-refractivity contribution is 0.114. The van der Waals surface area contributed by atoms with Crippen LogP contribution in [0.5, 0.6) is 5.75 Å². The molecule has 0 saturated carbocycles. The van der Waals surface area contributed by atoms with E-state index in [2.05, 4.69) is 64.9 Å². The van der Waals surface area contributed by atoms with Gasteiger partial charge in [-0.15, -0.1) is 5.10 Å². The molecule has 0 unspecified atom stereocenters. The van der Waals surface area contributed by atoms with Gasteiger partial charge in [-0.2, -0.15) is 20.1 Å². The number of hydrogen-bond acceptors (Lipinski definition) is 6. The lowest BCUT2D eigenvalue weighted by atomic mass is 9.79. The zero-order chi connectivity index (χ0) is 22.8. The van der Waals surface area contributed by atoms with E-state index >= 15 is 0 Å². The van der Waals surface area contributed by atoms with Gasteiger partial charge in [0.1, 0.15) is 5.75 Å². The molecule has 0 radical (unpaired) electrons. The number of phenols is 1. The van der Waals surface area contributed by atoms with E-state index in [0.29, 0.717) is 28.8 Å². The SMILES string of the molecule is C=C/C(=N\N=C(/C)c1ccc(-n2nccn2)cc1O)N(C)C1CC(C)(C)NC(C)(C)C1. The Kier molecular flexibility index (Phi) is 6.31. The number of amidine groups is 1. The van der Waals surface area contributed by atoms with Crippen molar-refractivity contribution in [2.75, 3.05) is 7.05 Å². The summed E-state index contributed by atoms with van der Waals surface area (Å²) < 4.78 is 0. The molecule has 2 aromatic rings. The zero-order valence-electron chi connectivity index (χ0n) is 19.3. The van der Waals surface area contributed by atoms with Crippen LogP contribution in [0.3, 0.4) is 0 Å². The van der Waals surface area contributed by atoms with Crippen LogP contribution < -0.4 is 5.32 Å². The van der Waals surface area contributed by atoms with Gasteiger partial charge in [-0.3, -0.25) is 0 Å². The Balaban J connectivity index is 1.81. The predicted octanol–water partition coefficient (Wildman–Crippen LogP) is 3.52. The standard InChI is InChI=1S/C23H33N7O/c1-8-21(29(7)18-14-22(3,4)28-23(5,6)15-18)27-26-16(2)19-10-9-17(13-20(19)31)30-24-11-12-25-30/h8-13,18,28,31H,1,14-15H2,2-7H3/b26-16+,27-21+. The van der Waals surface area contributed by atoms with E-state index in [0.717, 1.165) is 12.8 Å². The molecule has 1 aliphatic heterocycles. The van der Waals surface area contributed by atoms with Crippen LogP contribution in [-0.4, -0.2) is 60.7 Å². The molecule has 1 saturated heterocycles. The van der Waals surface area contributed by atoms with Crippen LogP contribution in [0.25, 0.3) is 5.69 Å². The van der Waals surface area contributed by atoms with Crippen molar-refractivity contribution in [1.82, 2.24) is 25.2 Å². The van der Waals surface area contributed by atoms with Gasteiger partial charge < -0.3 is 15.3 Å². The molecule has 2 heterocycles. The fraction of sp³-hybridized carbons (Fsp3) is 0.478. The number of likely N-dealkylation sites (N-methyl/N-ethyl adjacent to an activating group) is 1. The van der Waals surface area contributed by atoms with Crippen LogP contribution in [0.1, 0.15) is 53.0 Å². The number of hydrogen-bond donors (Lipinski definition) is 2. The van der Waals surface area contributed by atoms with Crippen LogP contribution in [0, 0.1) is 0 Å². The van der Waals surface area contributed by atoms with Crippen molar-refractivity contribution in [2.24, 2.45) is 10.2 Å². The summed E-state index contributed by atoms with van der Waals surface area (Å²) in [4.78, 5) is 3.60. The zero-order valence-corrected chi connectivity index (χ0v) is 19.3. The second kappa shape index (κ2) is 8.63. The Hall–Kier alpha value is -3.00. The topological polar surface area (TPSA) is 90.9 Å². The summed E-state index contributed by atoms with van der Waals surface area (Å²) in [5.74, 6) is 0.802. The van der Waals surface area contributed by atoms with E-state index in [1.807, 2.05) is 20.0 Å². The van der Waals surface area contributed by atoms with Crippen LogP contribution in [0.4, 0.5) is 0 Å². The Morgan fingerprint density at radius 2 is 1.81 bits per heavy atom. The van der Waals surface area contributed by atoms with E-state index in [1.54, 1.807) is 30.6 Å². The van der Waals surface area contributed by atoms with Crippen molar-refractivity contribution in [1.29, 1.82) is 0 Å². The molecule has 0 amide bonds. The van der Waals surface area contributed by atoms with E-state index in [-0.39, 0.29) is 16.8 Å². The van der Waals surface area contributed by atoms with Crippen molar-refractivity contribution in [3.8, 4) is 11.4 Å². The van der Waals surface area contributed by atoms with Crippen LogP contribution in [0.2, 0.25) is 0 Å². The molecule has 8 nitrogen and oxygen atoms in total. The van der Waals surface area contributed by atoms with Gasteiger partial charge >= 0.3 is 0 Å². The molecule has 3 rings (SSSR count). The molecular formula is C23H33N7O. The van der Waals surface area contributed by atoms with Crippen LogP contribution >= 0.6 is 0 Å². The number of piperidine rings is 1. The van der Waals surface area contributed by atoms with Gasteiger partial charge in [0.15, 0.2) is 5.84 Å². The molecule has 0 bridgehead atoms. The minimum absolute atomic E-state index is 0.0309. The van der Waals surface area contributed by atoms with Gasteiger partial charge in [-0.25, -0.2) is 0 Å². The first-order valence-electron chi connectivity index (χ1n) is 10.5. The van der Waals surface area contributed by atoms with Crippen molar-refractivity contribution in [2.45, 2.75) is 64.6 Å². The molecule has 1 aliphatic rings. The summed E-state index contributed by atoms with van der Waals surface area (Å²) >= 11 is 0. The number of nitrogens with one attached hydrogen (secondary N) is 1. The highest BCUT2D eigenvalue weighted by Gasteiger charge is 2.39. The third-order valence-corrected chi connectivity index (χ3v) is 5.58. The molecule has 0 aliphatic carbocycles. The first kappa shape index (κ1) is 22.7. The average Bonchev–Trinajstić information content (AvgIpc) is 3.20. The van der Waals surface area contributed by atoms with Crippen molar-refractivity contribution >= 4 is 11.5 Å². The maximum Gasteiger partial charge on any atom is 0.150 e. The molecule has 0 spiro atoms. The molecule has 31 heavy (non-hydrogen) atoms. The summed E-state index contributed by atoms with van der Waals surface area (Å²) in [7, 11) is 2.04.